The van der Waals surface area contributed by atoms with Crippen LogP contribution in [0.25, 0.3) is 31.7 Å². The molecular formula is C24H15NO3S2. The van der Waals surface area contributed by atoms with Crippen LogP contribution in [0.5, 0.6) is 11.6 Å². The monoisotopic (exact) mass is 429 g/mol. The Kier molecular flexibility index (Phi) is 4.58. The molecule has 0 aliphatic rings. The smallest absolute Gasteiger partial charge is 0.230 e. The minimum Gasteiger partial charge on any atom is -0.508 e. The molecule has 146 valence electrons. The summed E-state index contributed by atoms with van der Waals surface area (Å²) < 4.78 is 0.855. The summed E-state index contributed by atoms with van der Waals surface area (Å²) in [7, 11) is 0. The first-order valence-electron chi connectivity index (χ1n) is 9.20. The van der Waals surface area contributed by atoms with Crippen LogP contribution < -0.4 is 0 Å². The number of thiophene rings is 1. The van der Waals surface area contributed by atoms with Crippen molar-refractivity contribution in [2.45, 2.75) is 0 Å². The Bertz CT molecular complexity index is 1370. The fourth-order valence-electron chi connectivity index (χ4n) is 3.48. The average Bonchev–Trinajstić information content (AvgIpc) is 3.37. The predicted octanol–water partition coefficient (Wildman–Crippen LogP) is 6.33. The number of fused-ring (bicyclic) bond motifs is 1. The number of phenolic OH excluding ortho intramolecular Hbond substituents is 1. The summed E-state index contributed by atoms with van der Waals surface area (Å²) in [5, 5.41) is 20.7. The molecule has 0 atom stereocenters. The number of rotatable bonds is 4. The molecule has 0 fully saturated rings. The van der Waals surface area contributed by atoms with Crippen LogP contribution in [0.15, 0.2) is 78.3 Å². The third kappa shape index (κ3) is 3.16. The summed E-state index contributed by atoms with van der Waals surface area (Å²) >= 11 is 2.76. The second kappa shape index (κ2) is 7.40. The van der Waals surface area contributed by atoms with Crippen LogP contribution >= 0.6 is 22.7 Å². The molecule has 3 aromatic carbocycles. The summed E-state index contributed by atoms with van der Waals surface area (Å²) in [6.45, 7) is 0. The highest BCUT2D eigenvalue weighted by atomic mass is 32.1. The molecule has 0 saturated heterocycles. The van der Waals surface area contributed by atoms with Crippen LogP contribution in [0, 0.1) is 0 Å². The Morgan fingerprint density at radius 3 is 2.30 bits per heavy atom. The molecule has 5 aromatic rings. The van der Waals surface area contributed by atoms with Crippen molar-refractivity contribution in [1.82, 2.24) is 4.98 Å². The Balaban J connectivity index is 1.68. The third-order valence-corrected chi connectivity index (χ3v) is 6.92. The van der Waals surface area contributed by atoms with Crippen molar-refractivity contribution in [1.29, 1.82) is 0 Å². The number of benzene rings is 3. The average molecular weight is 430 g/mol. The van der Waals surface area contributed by atoms with Gasteiger partial charge in [-0.1, -0.05) is 54.6 Å². The normalized spacial score (nSPS) is 11.1. The van der Waals surface area contributed by atoms with Gasteiger partial charge in [-0.3, -0.25) is 4.79 Å². The minimum absolute atomic E-state index is 0.0177. The Labute approximate surface area is 180 Å². The third-order valence-electron chi connectivity index (χ3n) is 4.90. The van der Waals surface area contributed by atoms with E-state index in [4.69, 9.17) is 0 Å². The first kappa shape index (κ1) is 18.5. The maximum absolute atomic E-state index is 13.3. The lowest BCUT2D eigenvalue weighted by Crippen LogP contribution is -2.00. The molecule has 2 heterocycles. The molecule has 5 rings (SSSR count). The number of nitrogens with zero attached hydrogens (tertiary/aromatic N) is 1. The lowest BCUT2D eigenvalue weighted by atomic mass is 9.97. The molecule has 0 spiro atoms. The van der Waals surface area contributed by atoms with Gasteiger partial charge in [0.05, 0.1) is 15.3 Å². The molecule has 0 aliphatic carbocycles. The second-order valence-electron chi connectivity index (χ2n) is 6.76. The van der Waals surface area contributed by atoms with Crippen LogP contribution in [0.4, 0.5) is 0 Å². The van der Waals surface area contributed by atoms with Gasteiger partial charge in [0, 0.05) is 21.2 Å². The summed E-state index contributed by atoms with van der Waals surface area (Å²) in [5.74, 6) is 0.143. The van der Waals surface area contributed by atoms with Crippen LogP contribution in [0.3, 0.4) is 0 Å². The molecule has 6 heteroatoms. The molecule has 0 radical (unpaired) electrons. The van der Waals surface area contributed by atoms with E-state index in [1.807, 2.05) is 60.7 Å². The zero-order valence-corrected chi connectivity index (χ0v) is 17.2. The van der Waals surface area contributed by atoms with E-state index in [9.17, 15) is 15.0 Å². The van der Waals surface area contributed by atoms with Crippen LogP contribution in [0.2, 0.25) is 0 Å². The summed E-state index contributed by atoms with van der Waals surface area (Å²) in [5.41, 5.74) is 4.85. The van der Waals surface area contributed by atoms with E-state index >= 15 is 0 Å². The van der Waals surface area contributed by atoms with Crippen molar-refractivity contribution in [3.05, 3.63) is 88.7 Å². The molecule has 0 saturated carbocycles. The first-order valence-corrected chi connectivity index (χ1v) is 10.9. The van der Waals surface area contributed by atoms with Crippen molar-refractivity contribution < 1.29 is 15.0 Å². The number of ketones is 1. The number of carbonyl (C=O) groups excluding carboxylic acids is 1. The van der Waals surface area contributed by atoms with Crippen LogP contribution in [0.1, 0.15) is 15.2 Å². The molecule has 0 bridgehead atoms. The highest BCUT2D eigenvalue weighted by Crippen LogP contribution is 2.42. The summed E-state index contributed by atoms with van der Waals surface area (Å²) in [6, 6.07) is 22.1. The van der Waals surface area contributed by atoms with E-state index in [1.165, 1.54) is 22.7 Å². The van der Waals surface area contributed by atoms with E-state index in [-0.39, 0.29) is 17.4 Å². The lowest BCUT2D eigenvalue weighted by Gasteiger charge is -2.07. The van der Waals surface area contributed by atoms with Crippen LogP contribution in [-0.4, -0.2) is 21.0 Å². The Morgan fingerprint density at radius 2 is 1.60 bits per heavy atom. The standard InChI is InChI=1S/C24H15NO3S2/c26-17-10-11-18-19(12-17)30-23(21(27)15-4-2-1-3-5-15)20(18)14-6-8-16(9-7-14)22-24(28)25-13-29-22/h1-13,26,28H. The molecular weight excluding hydrogens is 414 g/mol. The predicted molar refractivity (Wildman–Crippen MR) is 122 cm³/mol. The number of thiazole rings is 1. The molecule has 0 unspecified atom stereocenters. The fraction of sp³-hybridized carbons (Fsp3) is 0. The van der Waals surface area contributed by atoms with Gasteiger partial charge in [0.1, 0.15) is 5.75 Å². The van der Waals surface area contributed by atoms with Gasteiger partial charge in [0.2, 0.25) is 11.7 Å². The highest BCUT2D eigenvalue weighted by Gasteiger charge is 2.21. The minimum atomic E-state index is -0.0459. The van der Waals surface area contributed by atoms with Gasteiger partial charge in [-0.15, -0.1) is 22.7 Å². The van der Waals surface area contributed by atoms with E-state index < -0.39 is 0 Å². The molecule has 30 heavy (non-hydrogen) atoms. The van der Waals surface area contributed by atoms with Crippen molar-refractivity contribution >= 4 is 38.5 Å². The van der Waals surface area contributed by atoms with Crippen molar-refractivity contribution in [2.24, 2.45) is 0 Å². The number of phenols is 1. The highest BCUT2D eigenvalue weighted by molar-refractivity contribution is 7.21. The number of aromatic hydroxyl groups is 2. The maximum Gasteiger partial charge on any atom is 0.230 e. The van der Waals surface area contributed by atoms with Gasteiger partial charge in [-0.05, 0) is 29.3 Å². The van der Waals surface area contributed by atoms with E-state index in [2.05, 4.69) is 4.98 Å². The molecule has 0 aliphatic heterocycles. The zero-order chi connectivity index (χ0) is 20.7. The molecule has 4 nitrogen and oxygen atoms in total. The van der Waals surface area contributed by atoms with Gasteiger partial charge in [0.25, 0.3) is 0 Å². The van der Waals surface area contributed by atoms with E-state index in [0.29, 0.717) is 15.3 Å². The summed E-state index contributed by atoms with van der Waals surface area (Å²) in [6.07, 6.45) is 0. The molecule has 2 aromatic heterocycles. The fourth-order valence-corrected chi connectivity index (χ4v) is 5.39. The number of aromatic nitrogens is 1. The van der Waals surface area contributed by atoms with Crippen molar-refractivity contribution in [3.8, 4) is 33.2 Å². The zero-order valence-electron chi connectivity index (χ0n) is 15.6. The van der Waals surface area contributed by atoms with Gasteiger partial charge in [-0.25, -0.2) is 4.98 Å². The second-order valence-corrected chi connectivity index (χ2v) is 8.67. The Hall–Kier alpha value is -3.48. The van der Waals surface area contributed by atoms with Gasteiger partial charge in [-0.2, -0.15) is 0 Å². The van der Waals surface area contributed by atoms with Gasteiger partial charge < -0.3 is 10.2 Å². The van der Waals surface area contributed by atoms with E-state index in [1.54, 1.807) is 17.6 Å². The Morgan fingerprint density at radius 1 is 0.867 bits per heavy atom. The largest absolute Gasteiger partial charge is 0.508 e. The number of hydrogen-bond acceptors (Lipinski definition) is 6. The number of hydrogen-bond donors (Lipinski definition) is 2. The SMILES string of the molecule is O=C(c1ccccc1)c1sc2cc(O)ccc2c1-c1ccc(-c2scnc2O)cc1. The molecule has 0 amide bonds. The van der Waals surface area contributed by atoms with Crippen molar-refractivity contribution in [3.63, 3.8) is 0 Å². The number of carbonyl (C=O) groups is 1. The molecule has 2 N–H and O–H groups in total. The topological polar surface area (TPSA) is 70.4 Å². The quantitative estimate of drug-likeness (QED) is 0.327. The van der Waals surface area contributed by atoms with Crippen molar-refractivity contribution in [2.75, 3.05) is 0 Å². The van der Waals surface area contributed by atoms with Gasteiger partial charge >= 0.3 is 0 Å². The lowest BCUT2D eigenvalue weighted by molar-refractivity contribution is 0.104. The van der Waals surface area contributed by atoms with E-state index in [0.717, 1.165) is 26.8 Å². The maximum atomic E-state index is 13.3. The van der Waals surface area contributed by atoms with Crippen LogP contribution in [-0.2, 0) is 0 Å². The summed E-state index contributed by atoms with van der Waals surface area (Å²) in [4.78, 5) is 18.5. The first-order chi connectivity index (χ1) is 14.6. The van der Waals surface area contributed by atoms with Gasteiger partial charge in [0.15, 0.2) is 0 Å².